The maximum atomic E-state index is 2.61. The highest BCUT2D eigenvalue weighted by atomic mass is 15.2. The monoisotopic (exact) mass is 1030 g/mol. The molecule has 0 radical (unpaired) electrons. The van der Waals surface area contributed by atoms with Gasteiger partial charge in [0.1, 0.15) is 0 Å². The fourth-order valence-corrected chi connectivity index (χ4v) is 15.0. The third-order valence-corrected chi connectivity index (χ3v) is 18.7. The van der Waals surface area contributed by atoms with E-state index < -0.39 is 5.41 Å². The lowest BCUT2D eigenvalue weighted by molar-refractivity contribution is 0.660. The molecular weight excluding hydrogens is 977 g/mol. The lowest BCUT2D eigenvalue weighted by atomic mass is 9.69. The van der Waals surface area contributed by atoms with Crippen molar-refractivity contribution in [3.63, 3.8) is 0 Å². The van der Waals surface area contributed by atoms with Crippen LogP contribution in [0.15, 0.2) is 279 Å². The summed E-state index contributed by atoms with van der Waals surface area (Å²) in [6.07, 6.45) is 0. The van der Waals surface area contributed by atoms with Gasteiger partial charge in [0.2, 0.25) is 0 Å². The molecule has 0 N–H and O–H groups in total. The molecule has 0 fully saturated rings. The Morgan fingerprint density at radius 1 is 0.235 bits per heavy atom. The van der Waals surface area contributed by atoms with E-state index in [4.69, 9.17) is 0 Å². The van der Waals surface area contributed by atoms with Crippen LogP contribution in [0.4, 0.5) is 34.1 Å². The molecule has 16 rings (SSSR count). The van der Waals surface area contributed by atoms with Gasteiger partial charge in [-0.2, -0.15) is 0 Å². The second-order valence-electron chi connectivity index (χ2n) is 23.5. The molecule has 1 atom stereocenters. The lowest BCUT2D eigenvalue weighted by Gasteiger charge is -2.37. The van der Waals surface area contributed by atoms with E-state index in [2.05, 4.69) is 317 Å². The first kappa shape index (κ1) is 47.3. The number of benzene rings is 12. The standard InChI is InChI=1S/C79H58N2/c1-77(2)66-34-17-14-31-64(66)75-69(77)37-22-39-73(75)81(54-43-41-52(42-44-54)51-23-7-5-8-24-51)74-40-21-32-63-60-30-13-19-36-68(60)79(76(63)74)67-35-18-12-29-59(67)62-48-46-56(50-71(62)79)80(72-38-20-15-27-57(72)53-25-9-6-10-26-53)55-45-47-61-58-28-11-16-33-65(58)78(3,4)70(61)49-55/h5-50H,1-4H3. The summed E-state index contributed by atoms with van der Waals surface area (Å²) in [5.41, 5.74) is 31.3. The van der Waals surface area contributed by atoms with E-state index in [9.17, 15) is 0 Å². The average molecular weight is 1040 g/mol. The fraction of sp³-hybridized carbons (Fsp3) is 0.0886. The minimum absolute atomic E-state index is 0.186. The largest absolute Gasteiger partial charge is 0.310 e. The Bertz CT molecular complexity index is 4510. The topological polar surface area (TPSA) is 6.48 Å². The second-order valence-corrected chi connectivity index (χ2v) is 23.5. The normalized spacial score (nSPS) is 15.7. The van der Waals surface area contributed by atoms with Crippen LogP contribution in [0.3, 0.4) is 0 Å². The molecule has 1 unspecified atom stereocenters. The number of anilines is 6. The highest BCUT2D eigenvalue weighted by molar-refractivity contribution is 6.03. The van der Waals surface area contributed by atoms with E-state index >= 15 is 0 Å². The van der Waals surface area contributed by atoms with Crippen molar-refractivity contribution < 1.29 is 0 Å². The zero-order valence-corrected chi connectivity index (χ0v) is 46.0. The van der Waals surface area contributed by atoms with Crippen molar-refractivity contribution >= 4 is 34.1 Å². The Hall–Kier alpha value is -9.76. The van der Waals surface area contributed by atoms with Crippen LogP contribution in [0.2, 0.25) is 0 Å². The quantitative estimate of drug-likeness (QED) is 0.150. The Labute approximate surface area is 475 Å². The molecular formula is C79H58N2. The average Bonchev–Trinajstić information content (AvgIpc) is 1.72. The van der Waals surface area contributed by atoms with Gasteiger partial charge in [0.25, 0.3) is 0 Å². The summed E-state index contributed by atoms with van der Waals surface area (Å²) in [5, 5.41) is 0. The van der Waals surface area contributed by atoms with Crippen LogP contribution in [0.25, 0.3) is 66.8 Å². The molecule has 0 amide bonds. The maximum absolute atomic E-state index is 2.61. The first-order valence-corrected chi connectivity index (χ1v) is 28.6. The number of rotatable bonds is 8. The lowest BCUT2D eigenvalue weighted by Crippen LogP contribution is -2.28. The van der Waals surface area contributed by atoms with Gasteiger partial charge < -0.3 is 9.80 Å². The number of nitrogens with zero attached hydrogens (tertiary/aromatic N) is 2. The van der Waals surface area contributed by atoms with E-state index in [0.29, 0.717) is 0 Å². The van der Waals surface area contributed by atoms with Crippen LogP contribution in [-0.4, -0.2) is 0 Å². The summed E-state index contributed by atoms with van der Waals surface area (Å²) in [7, 11) is 0. The minimum Gasteiger partial charge on any atom is -0.310 e. The van der Waals surface area contributed by atoms with E-state index in [0.717, 1.165) is 28.4 Å². The summed E-state index contributed by atoms with van der Waals surface area (Å²) in [6.45, 7) is 9.55. The zero-order chi connectivity index (χ0) is 54.2. The molecule has 1 spiro atoms. The fourth-order valence-electron chi connectivity index (χ4n) is 15.0. The molecule has 4 aliphatic rings. The van der Waals surface area contributed by atoms with Crippen LogP contribution < -0.4 is 9.80 Å². The second kappa shape index (κ2) is 17.6. The predicted molar refractivity (Wildman–Crippen MR) is 338 cm³/mol. The smallest absolute Gasteiger partial charge is 0.0746 e. The highest BCUT2D eigenvalue weighted by Crippen LogP contribution is 2.67. The molecule has 0 aliphatic heterocycles. The van der Waals surface area contributed by atoms with Gasteiger partial charge in [-0.05, 0) is 149 Å². The third kappa shape index (κ3) is 6.68. The predicted octanol–water partition coefficient (Wildman–Crippen LogP) is 20.9. The van der Waals surface area contributed by atoms with E-state index in [-0.39, 0.29) is 10.8 Å². The molecule has 384 valence electrons. The summed E-state index contributed by atoms with van der Waals surface area (Å²) in [5.74, 6) is 0. The molecule has 81 heavy (non-hydrogen) atoms. The molecule has 12 aromatic rings. The van der Waals surface area contributed by atoms with Gasteiger partial charge in [0.15, 0.2) is 0 Å². The van der Waals surface area contributed by atoms with Crippen molar-refractivity contribution in [2.45, 2.75) is 43.9 Å². The van der Waals surface area contributed by atoms with Gasteiger partial charge >= 0.3 is 0 Å². The number of fused-ring (bicyclic) bond motifs is 16. The molecule has 2 nitrogen and oxygen atoms in total. The molecule has 4 aliphatic carbocycles. The summed E-state index contributed by atoms with van der Waals surface area (Å²) in [4.78, 5) is 5.15. The van der Waals surface area contributed by atoms with Gasteiger partial charge in [-0.15, -0.1) is 0 Å². The Kier molecular flexibility index (Phi) is 10.3. The summed E-state index contributed by atoms with van der Waals surface area (Å²) in [6, 6.07) is 105. The van der Waals surface area contributed by atoms with E-state index in [1.165, 1.54) is 117 Å². The summed E-state index contributed by atoms with van der Waals surface area (Å²) < 4.78 is 0. The molecule has 2 heteroatoms. The highest BCUT2D eigenvalue weighted by Gasteiger charge is 2.54. The van der Waals surface area contributed by atoms with Crippen molar-refractivity contribution in [1.82, 2.24) is 0 Å². The third-order valence-electron chi connectivity index (χ3n) is 18.7. The van der Waals surface area contributed by atoms with Gasteiger partial charge in [0.05, 0.1) is 22.5 Å². The molecule has 0 heterocycles. The van der Waals surface area contributed by atoms with Crippen molar-refractivity contribution in [3.05, 3.63) is 324 Å². The van der Waals surface area contributed by atoms with Gasteiger partial charge in [-0.25, -0.2) is 0 Å². The molecule has 0 bridgehead atoms. The maximum Gasteiger partial charge on any atom is 0.0746 e. The van der Waals surface area contributed by atoms with Gasteiger partial charge in [0, 0.05) is 44.6 Å². The van der Waals surface area contributed by atoms with Crippen LogP contribution in [0, 0.1) is 0 Å². The first-order chi connectivity index (χ1) is 39.7. The van der Waals surface area contributed by atoms with Crippen molar-refractivity contribution in [3.8, 4) is 66.8 Å². The van der Waals surface area contributed by atoms with Gasteiger partial charge in [-0.1, -0.05) is 252 Å². The minimum atomic E-state index is -0.714. The Morgan fingerprint density at radius 3 is 1.31 bits per heavy atom. The molecule has 0 saturated carbocycles. The van der Waals surface area contributed by atoms with E-state index in [1.54, 1.807) is 0 Å². The zero-order valence-electron chi connectivity index (χ0n) is 46.0. The van der Waals surface area contributed by atoms with Crippen LogP contribution in [0.5, 0.6) is 0 Å². The number of hydrogen-bond donors (Lipinski definition) is 0. The number of para-hydroxylation sites is 1. The Morgan fingerprint density at radius 2 is 0.642 bits per heavy atom. The Balaban J connectivity index is 0.977. The SMILES string of the molecule is CC1(C)c2ccccc2-c2ccc(N(c3ccc4c(c3)C3(c5ccccc5-4)c4ccccc4-c4cccc(N(c5ccc(-c6ccccc6)cc5)c5cccc6c5-c5ccccc5C6(C)C)c43)c3ccccc3-c3ccccc3)cc21. The van der Waals surface area contributed by atoms with Gasteiger partial charge in [-0.3, -0.25) is 0 Å². The van der Waals surface area contributed by atoms with Crippen LogP contribution in [-0.2, 0) is 16.2 Å². The number of hydrogen-bond acceptors (Lipinski definition) is 2. The van der Waals surface area contributed by atoms with E-state index in [1.807, 2.05) is 0 Å². The van der Waals surface area contributed by atoms with Crippen LogP contribution in [0.1, 0.15) is 72.2 Å². The van der Waals surface area contributed by atoms with Crippen molar-refractivity contribution in [1.29, 1.82) is 0 Å². The van der Waals surface area contributed by atoms with Crippen LogP contribution >= 0.6 is 0 Å². The summed E-state index contributed by atoms with van der Waals surface area (Å²) >= 11 is 0. The molecule has 12 aromatic carbocycles. The van der Waals surface area contributed by atoms with Crippen molar-refractivity contribution in [2.24, 2.45) is 0 Å². The van der Waals surface area contributed by atoms with Crippen molar-refractivity contribution in [2.75, 3.05) is 9.80 Å². The molecule has 0 saturated heterocycles. The first-order valence-electron chi connectivity index (χ1n) is 28.6. The molecule has 0 aromatic heterocycles.